The highest BCUT2D eigenvalue weighted by Crippen LogP contribution is 2.27. The summed E-state index contributed by atoms with van der Waals surface area (Å²) in [6.07, 6.45) is 0.325. The first-order chi connectivity index (χ1) is 9.99. The van der Waals surface area contributed by atoms with Gasteiger partial charge < -0.3 is 15.4 Å². The van der Waals surface area contributed by atoms with Gasteiger partial charge in [0.05, 0.1) is 0 Å². The molecule has 1 atom stereocenters. The molecule has 0 aliphatic carbocycles. The number of anilines is 1. The Morgan fingerprint density at radius 1 is 1.33 bits per heavy atom. The molecular formula is C14H17N3O4. The molecule has 7 heteroatoms. The Labute approximate surface area is 122 Å². The summed E-state index contributed by atoms with van der Waals surface area (Å²) >= 11 is 0. The van der Waals surface area contributed by atoms with E-state index in [0.29, 0.717) is 24.3 Å². The number of rotatable bonds is 3. The fourth-order valence-electron chi connectivity index (χ4n) is 1.96. The number of fused-ring (bicyclic) bond motifs is 1. The molecule has 0 radical (unpaired) electrons. The van der Waals surface area contributed by atoms with Crippen LogP contribution in [0.15, 0.2) is 18.2 Å². The summed E-state index contributed by atoms with van der Waals surface area (Å²) in [7, 11) is 1.42. The van der Waals surface area contributed by atoms with E-state index in [4.69, 9.17) is 4.74 Å². The molecule has 3 N–H and O–H groups in total. The van der Waals surface area contributed by atoms with Crippen molar-refractivity contribution in [2.75, 3.05) is 12.4 Å². The maximum atomic E-state index is 11.7. The first-order valence-corrected chi connectivity index (χ1v) is 6.61. The molecule has 1 unspecified atom stereocenters. The van der Waals surface area contributed by atoms with Gasteiger partial charge >= 0.3 is 6.03 Å². The standard InChI is InChI=1S/C14H17N3O4/c1-8(13(19)17-14(20)15-2)21-10-5-3-9-4-6-12(18)16-11(9)7-10/h3,5,7-8H,4,6H2,1-2H3,(H,16,18)(H2,15,17,19,20). The zero-order valence-corrected chi connectivity index (χ0v) is 11.9. The second-order valence-electron chi connectivity index (χ2n) is 4.70. The molecule has 7 nitrogen and oxygen atoms in total. The van der Waals surface area contributed by atoms with Gasteiger partial charge in [0.1, 0.15) is 5.75 Å². The number of nitrogens with one attached hydrogen (secondary N) is 3. The van der Waals surface area contributed by atoms with Crippen LogP contribution in [0.1, 0.15) is 18.9 Å². The molecule has 112 valence electrons. The molecule has 0 saturated carbocycles. The number of hydrogen-bond donors (Lipinski definition) is 3. The predicted octanol–water partition coefficient (Wildman–Crippen LogP) is 0.794. The van der Waals surface area contributed by atoms with E-state index in [1.807, 2.05) is 6.07 Å². The van der Waals surface area contributed by atoms with Crippen molar-refractivity contribution < 1.29 is 19.1 Å². The molecule has 0 aromatic heterocycles. The van der Waals surface area contributed by atoms with Crippen molar-refractivity contribution in [2.45, 2.75) is 25.9 Å². The third-order valence-corrected chi connectivity index (χ3v) is 3.12. The Hall–Kier alpha value is -2.57. The monoisotopic (exact) mass is 291 g/mol. The number of aryl methyl sites for hydroxylation is 1. The Bertz CT molecular complexity index is 586. The third-order valence-electron chi connectivity index (χ3n) is 3.12. The molecule has 1 aromatic rings. The van der Waals surface area contributed by atoms with Crippen LogP contribution in [0, 0.1) is 0 Å². The first kappa shape index (κ1) is 14.8. The summed E-state index contributed by atoms with van der Waals surface area (Å²) in [5.41, 5.74) is 1.73. The SMILES string of the molecule is CNC(=O)NC(=O)C(C)Oc1ccc2c(c1)NC(=O)CC2. The molecule has 0 spiro atoms. The first-order valence-electron chi connectivity index (χ1n) is 6.61. The minimum atomic E-state index is -0.834. The number of ether oxygens (including phenoxy) is 1. The van der Waals surface area contributed by atoms with Crippen molar-refractivity contribution >= 4 is 23.5 Å². The minimum Gasteiger partial charge on any atom is -0.481 e. The fraction of sp³-hybridized carbons (Fsp3) is 0.357. The highest BCUT2D eigenvalue weighted by molar-refractivity contribution is 5.96. The van der Waals surface area contributed by atoms with E-state index in [0.717, 1.165) is 5.56 Å². The van der Waals surface area contributed by atoms with E-state index in [1.54, 1.807) is 12.1 Å². The average molecular weight is 291 g/mol. The zero-order chi connectivity index (χ0) is 15.4. The number of carbonyl (C=O) groups excluding carboxylic acids is 3. The number of benzene rings is 1. The third kappa shape index (κ3) is 3.71. The lowest BCUT2D eigenvalue weighted by Crippen LogP contribution is -2.43. The van der Waals surface area contributed by atoms with Gasteiger partial charge in [-0.15, -0.1) is 0 Å². The molecule has 0 saturated heterocycles. The molecule has 1 heterocycles. The van der Waals surface area contributed by atoms with Crippen LogP contribution in [0.4, 0.5) is 10.5 Å². The highest BCUT2D eigenvalue weighted by Gasteiger charge is 2.19. The second kappa shape index (κ2) is 6.25. The van der Waals surface area contributed by atoms with Gasteiger partial charge in [0.15, 0.2) is 6.10 Å². The summed E-state index contributed by atoms with van der Waals surface area (Å²) in [5.74, 6) is -0.128. The number of imide groups is 1. The Morgan fingerprint density at radius 3 is 2.81 bits per heavy atom. The lowest BCUT2D eigenvalue weighted by Gasteiger charge is -2.19. The molecule has 21 heavy (non-hydrogen) atoms. The summed E-state index contributed by atoms with van der Waals surface area (Å²) in [4.78, 5) is 34.1. The molecule has 0 bridgehead atoms. The van der Waals surface area contributed by atoms with Crippen molar-refractivity contribution in [1.82, 2.24) is 10.6 Å². The lowest BCUT2D eigenvalue weighted by molar-refractivity contribution is -0.126. The fourth-order valence-corrected chi connectivity index (χ4v) is 1.96. The van der Waals surface area contributed by atoms with Crippen molar-refractivity contribution in [1.29, 1.82) is 0 Å². The Balaban J connectivity index is 2.03. The van der Waals surface area contributed by atoms with Crippen molar-refractivity contribution in [3.8, 4) is 5.75 Å². The zero-order valence-electron chi connectivity index (χ0n) is 11.9. The van der Waals surface area contributed by atoms with Gasteiger partial charge in [0.2, 0.25) is 5.91 Å². The molecule has 1 aliphatic rings. The number of amides is 4. The number of urea groups is 1. The lowest BCUT2D eigenvalue weighted by atomic mass is 10.0. The minimum absolute atomic E-state index is 0.0370. The Morgan fingerprint density at radius 2 is 2.10 bits per heavy atom. The van der Waals surface area contributed by atoms with Gasteiger partial charge in [-0.1, -0.05) is 6.07 Å². The van der Waals surface area contributed by atoms with E-state index >= 15 is 0 Å². The van der Waals surface area contributed by atoms with E-state index < -0.39 is 18.0 Å². The normalized spacial score (nSPS) is 14.5. The van der Waals surface area contributed by atoms with Crippen LogP contribution < -0.4 is 20.7 Å². The van der Waals surface area contributed by atoms with E-state index in [-0.39, 0.29) is 5.91 Å². The van der Waals surface area contributed by atoms with E-state index in [1.165, 1.54) is 14.0 Å². The van der Waals surface area contributed by atoms with Crippen molar-refractivity contribution in [2.24, 2.45) is 0 Å². The van der Waals surface area contributed by atoms with Crippen LogP contribution >= 0.6 is 0 Å². The van der Waals surface area contributed by atoms with Crippen LogP contribution in [0.3, 0.4) is 0 Å². The number of carbonyl (C=O) groups is 3. The van der Waals surface area contributed by atoms with Crippen LogP contribution in [0.5, 0.6) is 5.75 Å². The smallest absolute Gasteiger partial charge is 0.321 e. The highest BCUT2D eigenvalue weighted by atomic mass is 16.5. The van der Waals surface area contributed by atoms with Gasteiger partial charge in [0, 0.05) is 25.2 Å². The van der Waals surface area contributed by atoms with Gasteiger partial charge in [-0.05, 0) is 25.0 Å². The molecule has 1 aromatic carbocycles. The summed E-state index contributed by atoms with van der Waals surface area (Å²) in [6.45, 7) is 1.54. The van der Waals surface area contributed by atoms with Crippen molar-refractivity contribution in [3.05, 3.63) is 23.8 Å². The Kier molecular flexibility index (Phi) is 4.42. The molecule has 1 aliphatic heterocycles. The second-order valence-corrected chi connectivity index (χ2v) is 4.70. The van der Waals surface area contributed by atoms with Gasteiger partial charge in [0.25, 0.3) is 5.91 Å². The predicted molar refractivity (Wildman–Crippen MR) is 76.1 cm³/mol. The average Bonchev–Trinajstić information content (AvgIpc) is 2.46. The van der Waals surface area contributed by atoms with Gasteiger partial charge in [-0.25, -0.2) is 4.79 Å². The van der Waals surface area contributed by atoms with Gasteiger partial charge in [-0.3, -0.25) is 14.9 Å². The van der Waals surface area contributed by atoms with E-state index in [2.05, 4.69) is 16.0 Å². The van der Waals surface area contributed by atoms with Crippen LogP contribution in [0.25, 0.3) is 0 Å². The topological polar surface area (TPSA) is 96.5 Å². The molecule has 0 fully saturated rings. The quantitative estimate of drug-likeness (QED) is 0.767. The molecular weight excluding hydrogens is 274 g/mol. The number of hydrogen-bond acceptors (Lipinski definition) is 4. The maximum absolute atomic E-state index is 11.7. The maximum Gasteiger partial charge on any atom is 0.321 e. The van der Waals surface area contributed by atoms with Crippen LogP contribution in [0.2, 0.25) is 0 Å². The van der Waals surface area contributed by atoms with Crippen LogP contribution in [-0.4, -0.2) is 31.0 Å². The summed E-state index contributed by atoms with van der Waals surface area (Å²) in [6, 6.07) is 4.68. The summed E-state index contributed by atoms with van der Waals surface area (Å²) in [5, 5.41) is 7.18. The largest absolute Gasteiger partial charge is 0.481 e. The molecule has 4 amide bonds. The van der Waals surface area contributed by atoms with E-state index in [9.17, 15) is 14.4 Å². The summed E-state index contributed by atoms with van der Waals surface area (Å²) < 4.78 is 5.48. The van der Waals surface area contributed by atoms with Crippen LogP contribution in [-0.2, 0) is 16.0 Å². The van der Waals surface area contributed by atoms with Gasteiger partial charge in [-0.2, -0.15) is 0 Å². The van der Waals surface area contributed by atoms with Crippen molar-refractivity contribution in [3.63, 3.8) is 0 Å². The molecule has 2 rings (SSSR count).